The highest BCUT2D eigenvalue weighted by molar-refractivity contribution is 5.97. The molecule has 2 aromatic carbocycles. The number of benzene rings is 2. The summed E-state index contributed by atoms with van der Waals surface area (Å²) in [4.78, 5) is 26.8. The van der Waals surface area contributed by atoms with Crippen LogP contribution in [-0.2, 0) is 6.42 Å². The predicted molar refractivity (Wildman–Crippen MR) is 112 cm³/mol. The van der Waals surface area contributed by atoms with Crippen molar-refractivity contribution in [3.8, 4) is 5.75 Å². The molecule has 0 aromatic heterocycles. The number of rotatable bonds is 10. The summed E-state index contributed by atoms with van der Waals surface area (Å²) in [5.74, 6) is 0.697. The maximum atomic E-state index is 12.6. The fraction of sp³-hybridized carbons (Fsp3) is 0.391. The number of hydrogen-bond acceptors (Lipinski definition) is 3. The second kappa shape index (κ2) is 11.1. The van der Waals surface area contributed by atoms with Crippen LogP contribution in [0.4, 0.5) is 0 Å². The van der Waals surface area contributed by atoms with E-state index < -0.39 is 0 Å². The number of methoxy groups -OCH3 is 1. The van der Waals surface area contributed by atoms with Crippen molar-refractivity contribution < 1.29 is 14.3 Å². The molecule has 0 aliphatic rings. The van der Waals surface area contributed by atoms with Gasteiger partial charge in [0.25, 0.3) is 11.8 Å². The number of amides is 2. The minimum Gasteiger partial charge on any atom is -0.496 e. The Labute approximate surface area is 167 Å². The molecular formula is C23H30N2O3. The zero-order valence-electron chi connectivity index (χ0n) is 17.0. The molecule has 2 aromatic rings. The molecule has 0 unspecified atom stereocenters. The average molecular weight is 383 g/mol. The van der Waals surface area contributed by atoms with Crippen LogP contribution in [0.3, 0.4) is 0 Å². The Morgan fingerprint density at radius 2 is 1.54 bits per heavy atom. The van der Waals surface area contributed by atoms with Crippen LogP contribution in [0.25, 0.3) is 0 Å². The van der Waals surface area contributed by atoms with Crippen molar-refractivity contribution in [1.82, 2.24) is 10.2 Å². The van der Waals surface area contributed by atoms with Crippen LogP contribution in [0.15, 0.2) is 48.5 Å². The second-order valence-corrected chi connectivity index (χ2v) is 6.69. The molecular weight excluding hydrogens is 352 g/mol. The number of hydrogen-bond donors (Lipinski definition) is 1. The van der Waals surface area contributed by atoms with Crippen LogP contribution in [0.1, 0.15) is 53.0 Å². The molecule has 2 amide bonds. The van der Waals surface area contributed by atoms with Gasteiger partial charge in [-0.2, -0.15) is 0 Å². The molecule has 0 fully saturated rings. The maximum Gasteiger partial charge on any atom is 0.253 e. The Balaban J connectivity index is 1.93. The van der Waals surface area contributed by atoms with E-state index in [9.17, 15) is 9.59 Å². The highest BCUT2D eigenvalue weighted by Crippen LogP contribution is 2.17. The Hall–Kier alpha value is -2.82. The monoisotopic (exact) mass is 382 g/mol. The highest BCUT2D eigenvalue weighted by atomic mass is 16.5. The highest BCUT2D eigenvalue weighted by Gasteiger charge is 2.15. The van der Waals surface area contributed by atoms with Crippen molar-refractivity contribution in [3.05, 3.63) is 65.2 Å². The van der Waals surface area contributed by atoms with Crippen LogP contribution in [0.2, 0.25) is 0 Å². The number of para-hydroxylation sites is 1. The van der Waals surface area contributed by atoms with Crippen molar-refractivity contribution in [2.75, 3.05) is 26.7 Å². The van der Waals surface area contributed by atoms with Crippen molar-refractivity contribution in [1.29, 1.82) is 0 Å². The summed E-state index contributed by atoms with van der Waals surface area (Å²) in [5, 5.41) is 2.92. The van der Waals surface area contributed by atoms with Gasteiger partial charge in [-0.25, -0.2) is 0 Å². The van der Waals surface area contributed by atoms with E-state index in [1.807, 2.05) is 29.2 Å². The zero-order chi connectivity index (χ0) is 20.4. The van der Waals surface area contributed by atoms with Crippen LogP contribution >= 0.6 is 0 Å². The third-order valence-electron chi connectivity index (χ3n) is 4.54. The first-order valence-electron chi connectivity index (χ1n) is 9.90. The van der Waals surface area contributed by atoms with Gasteiger partial charge in [0, 0.05) is 30.8 Å². The molecule has 0 bridgehead atoms. The quantitative estimate of drug-likeness (QED) is 0.677. The van der Waals surface area contributed by atoms with Gasteiger partial charge in [0.05, 0.1) is 7.11 Å². The van der Waals surface area contributed by atoms with Gasteiger partial charge >= 0.3 is 0 Å². The van der Waals surface area contributed by atoms with E-state index in [1.54, 1.807) is 31.4 Å². The van der Waals surface area contributed by atoms with E-state index in [-0.39, 0.29) is 11.8 Å². The van der Waals surface area contributed by atoms with Gasteiger partial charge in [-0.15, -0.1) is 0 Å². The Morgan fingerprint density at radius 1 is 0.929 bits per heavy atom. The third-order valence-corrected chi connectivity index (χ3v) is 4.54. The van der Waals surface area contributed by atoms with E-state index in [2.05, 4.69) is 19.2 Å². The Morgan fingerprint density at radius 3 is 2.14 bits per heavy atom. The fourth-order valence-electron chi connectivity index (χ4n) is 3.12. The predicted octanol–water partition coefficient (Wildman–Crippen LogP) is 3.93. The van der Waals surface area contributed by atoms with Gasteiger partial charge in [0.2, 0.25) is 0 Å². The van der Waals surface area contributed by atoms with Crippen LogP contribution < -0.4 is 10.1 Å². The van der Waals surface area contributed by atoms with Gasteiger partial charge in [-0.05, 0) is 55.2 Å². The summed E-state index contributed by atoms with van der Waals surface area (Å²) in [6.45, 7) is 6.14. The number of carbonyl (C=O) groups is 2. The summed E-state index contributed by atoms with van der Waals surface area (Å²) in [6, 6.07) is 14.7. The Kier molecular flexibility index (Phi) is 8.53. The zero-order valence-corrected chi connectivity index (χ0v) is 17.0. The molecule has 0 heterocycles. The second-order valence-electron chi connectivity index (χ2n) is 6.69. The van der Waals surface area contributed by atoms with E-state index in [0.717, 1.165) is 37.2 Å². The van der Waals surface area contributed by atoms with Gasteiger partial charge in [-0.3, -0.25) is 9.59 Å². The first kappa shape index (κ1) is 21.5. The van der Waals surface area contributed by atoms with Gasteiger partial charge in [0.15, 0.2) is 0 Å². The molecule has 1 N–H and O–H groups in total. The summed E-state index contributed by atoms with van der Waals surface area (Å²) >= 11 is 0. The molecule has 0 saturated carbocycles. The smallest absolute Gasteiger partial charge is 0.253 e. The average Bonchev–Trinajstić information content (AvgIpc) is 2.73. The Bertz CT molecular complexity index is 766. The minimum absolute atomic E-state index is 0.0202. The summed E-state index contributed by atoms with van der Waals surface area (Å²) in [5.41, 5.74) is 2.22. The number of nitrogens with zero attached hydrogens (tertiary/aromatic N) is 1. The lowest BCUT2D eigenvalue weighted by Crippen LogP contribution is -2.32. The van der Waals surface area contributed by atoms with Crippen molar-refractivity contribution in [2.45, 2.75) is 33.1 Å². The molecule has 150 valence electrons. The minimum atomic E-state index is -0.145. The van der Waals surface area contributed by atoms with Crippen LogP contribution in [0, 0.1) is 0 Å². The number of ether oxygens (including phenoxy) is 1. The fourth-order valence-corrected chi connectivity index (χ4v) is 3.12. The van der Waals surface area contributed by atoms with Gasteiger partial charge in [0.1, 0.15) is 5.75 Å². The molecule has 2 rings (SSSR count). The lowest BCUT2D eigenvalue weighted by molar-refractivity contribution is 0.0755. The first-order chi connectivity index (χ1) is 13.6. The molecule has 28 heavy (non-hydrogen) atoms. The van der Waals surface area contributed by atoms with E-state index in [1.165, 1.54) is 0 Å². The van der Waals surface area contributed by atoms with E-state index in [0.29, 0.717) is 24.1 Å². The lowest BCUT2D eigenvalue weighted by atomic mass is 10.1. The van der Waals surface area contributed by atoms with Crippen LogP contribution in [-0.4, -0.2) is 43.5 Å². The molecule has 0 aliphatic carbocycles. The van der Waals surface area contributed by atoms with Gasteiger partial charge < -0.3 is 15.0 Å². The van der Waals surface area contributed by atoms with E-state index in [4.69, 9.17) is 4.74 Å². The third kappa shape index (κ3) is 5.84. The topological polar surface area (TPSA) is 58.6 Å². The lowest BCUT2D eigenvalue weighted by Gasteiger charge is -2.21. The largest absolute Gasteiger partial charge is 0.496 e. The summed E-state index contributed by atoms with van der Waals surface area (Å²) < 4.78 is 5.33. The van der Waals surface area contributed by atoms with Crippen molar-refractivity contribution in [2.24, 2.45) is 0 Å². The molecule has 0 aliphatic heterocycles. The normalized spacial score (nSPS) is 10.4. The SMILES string of the molecule is CCCN(CCC)C(=O)c1ccc(C(=O)NCCc2ccccc2OC)cc1. The summed E-state index contributed by atoms with van der Waals surface area (Å²) in [6.07, 6.45) is 2.55. The molecule has 0 atom stereocenters. The van der Waals surface area contributed by atoms with Gasteiger partial charge in [-0.1, -0.05) is 32.0 Å². The number of nitrogens with one attached hydrogen (secondary N) is 1. The maximum absolute atomic E-state index is 12.6. The first-order valence-corrected chi connectivity index (χ1v) is 9.90. The molecule has 5 nitrogen and oxygen atoms in total. The van der Waals surface area contributed by atoms with E-state index >= 15 is 0 Å². The van der Waals surface area contributed by atoms with Crippen molar-refractivity contribution >= 4 is 11.8 Å². The molecule has 0 radical (unpaired) electrons. The molecule has 5 heteroatoms. The standard InChI is InChI=1S/C23H30N2O3/c1-4-16-25(17-5-2)23(27)20-12-10-19(11-13-20)22(26)24-15-14-18-8-6-7-9-21(18)28-3/h6-13H,4-5,14-17H2,1-3H3,(H,24,26). The van der Waals surface area contributed by atoms with Crippen LogP contribution in [0.5, 0.6) is 5.75 Å². The van der Waals surface area contributed by atoms with Crippen molar-refractivity contribution in [3.63, 3.8) is 0 Å². The molecule has 0 spiro atoms. The molecule has 0 saturated heterocycles. The number of carbonyl (C=O) groups excluding carboxylic acids is 2. The summed E-state index contributed by atoms with van der Waals surface area (Å²) in [7, 11) is 1.64.